The van der Waals surface area contributed by atoms with Gasteiger partial charge in [0, 0.05) is 17.6 Å². The molecule has 0 bridgehead atoms. The molecule has 2 amide bonds. The van der Waals surface area contributed by atoms with Crippen molar-refractivity contribution in [3.05, 3.63) is 105 Å². The molecule has 1 atom stereocenters. The number of aromatic nitrogens is 2. The molecule has 4 aromatic rings. The van der Waals surface area contributed by atoms with Crippen LogP contribution >= 0.6 is 15.9 Å². The van der Waals surface area contributed by atoms with Crippen molar-refractivity contribution in [1.82, 2.24) is 14.5 Å². The van der Waals surface area contributed by atoms with E-state index < -0.39 is 6.04 Å². The van der Waals surface area contributed by atoms with Crippen LogP contribution in [-0.4, -0.2) is 20.5 Å². The zero-order valence-electron chi connectivity index (χ0n) is 19.2. The number of hydrogen-bond donors (Lipinski definition) is 1. The van der Waals surface area contributed by atoms with Crippen molar-refractivity contribution in [3.63, 3.8) is 0 Å². The SMILES string of the molecule is CCC(c1nc2ccccc2c(=O)n1CC)N(Cc1ccccc1)C(=O)Nc1ccccc1Br. The molecule has 1 unspecified atom stereocenters. The molecule has 4 rings (SSSR count). The van der Waals surface area contributed by atoms with Crippen molar-refractivity contribution in [3.8, 4) is 0 Å². The van der Waals surface area contributed by atoms with Gasteiger partial charge in [-0.1, -0.05) is 61.5 Å². The minimum absolute atomic E-state index is 0.0903. The first kappa shape index (κ1) is 23.7. The third-order valence-electron chi connectivity index (χ3n) is 5.84. The maximum Gasteiger partial charge on any atom is 0.322 e. The van der Waals surface area contributed by atoms with E-state index in [1.54, 1.807) is 15.5 Å². The normalized spacial score (nSPS) is 11.9. The summed E-state index contributed by atoms with van der Waals surface area (Å²) in [4.78, 5) is 33.6. The van der Waals surface area contributed by atoms with Gasteiger partial charge in [-0.15, -0.1) is 0 Å². The number of carbonyl (C=O) groups excluding carboxylic acids is 1. The number of anilines is 1. The Hall–Kier alpha value is -3.45. The van der Waals surface area contributed by atoms with Crippen molar-refractivity contribution >= 4 is 38.6 Å². The fraction of sp³-hybridized carbons (Fsp3) is 0.222. The Kier molecular flexibility index (Phi) is 7.43. The van der Waals surface area contributed by atoms with E-state index >= 15 is 0 Å². The van der Waals surface area contributed by atoms with Gasteiger partial charge in [-0.3, -0.25) is 9.36 Å². The Labute approximate surface area is 207 Å². The summed E-state index contributed by atoms with van der Waals surface area (Å²) in [6.07, 6.45) is 0.598. The number of amides is 2. The summed E-state index contributed by atoms with van der Waals surface area (Å²) in [5.41, 5.74) is 2.22. The lowest BCUT2D eigenvalue weighted by Gasteiger charge is -2.32. The van der Waals surface area contributed by atoms with E-state index in [0.717, 1.165) is 10.0 Å². The Bertz CT molecular complexity index is 1350. The second kappa shape index (κ2) is 10.7. The summed E-state index contributed by atoms with van der Waals surface area (Å²) in [6.45, 7) is 4.78. The lowest BCUT2D eigenvalue weighted by Crippen LogP contribution is -2.40. The Morgan fingerprint density at radius 3 is 2.38 bits per heavy atom. The highest BCUT2D eigenvalue weighted by Gasteiger charge is 2.29. The molecule has 0 spiro atoms. The van der Waals surface area contributed by atoms with Gasteiger partial charge in [0.15, 0.2) is 0 Å². The quantitative estimate of drug-likeness (QED) is 0.309. The highest BCUT2D eigenvalue weighted by atomic mass is 79.9. The maximum atomic E-state index is 13.7. The number of hydrogen-bond acceptors (Lipinski definition) is 3. The van der Waals surface area contributed by atoms with Gasteiger partial charge in [0.1, 0.15) is 5.82 Å². The summed E-state index contributed by atoms with van der Waals surface area (Å²) in [7, 11) is 0. The van der Waals surface area contributed by atoms with Crippen LogP contribution in [0.2, 0.25) is 0 Å². The maximum absolute atomic E-state index is 13.7. The van der Waals surface area contributed by atoms with Crippen LogP contribution in [0.25, 0.3) is 10.9 Å². The molecule has 0 fully saturated rings. The van der Waals surface area contributed by atoms with E-state index in [2.05, 4.69) is 21.2 Å². The second-order valence-electron chi connectivity index (χ2n) is 7.98. The van der Waals surface area contributed by atoms with E-state index in [4.69, 9.17) is 4.98 Å². The molecule has 6 nitrogen and oxygen atoms in total. The van der Waals surface area contributed by atoms with E-state index in [-0.39, 0.29) is 11.6 Å². The van der Waals surface area contributed by atoms with Crippen molar-refractivity contribution in [2.45, 2.75) is 39.4 Å². The Balaban J connectivity index is 1.81. The highest BCUT2D eigenvalue weighted by Crippen LogP contribution is 2.28. The molecular formula is C27H27BrN4O2. The van der Waals surface area contributed by atoms with Crippen LogP contribution in [0.15, 0.2) is 88.1 Å². The molecule has 0 aliphatic heterocycles. The van der Waals surface area contributed by atoms with E-state index in [9.17, 15) is 9.59 Å². The lowest BCUT2D eigenvalue weighted by molar-refractivity contribution is 0.175. The molecule has 1 aromatic heterocycles. The second-order valence-corrected chi connectivity index (χ2v) is 8.84. The van der Waals surface area contributed by atoms with Gasteiger partial charge in [-0.2, -0.15) is 0 Å². The van der Waals surface area contributed by atoms with Gasteiger partial charge in [0.2, 0.25) is 0 Å². The number of halogens is 1. The van der Waals surface area contributed by atoms with Crippen LogP contribution in [0.3, 0.4) is 0 Å². The third kappa shape index (κ3) is 4.89. The summed E-state index contributed by atoms with van der Waals surface area (Å²) < 4.78 is 2.48. The molecule has 1 N–H and O–H groups in total. The van der Waals surface area contributed by atoms with Crippen molar-refractivity contribution < 1.29 is 4.79 Å². The Morgan fingerprint density at radius 2 is 1.68 bits per heavy atom. The van der Waals surface area contributed by atoms with Crippen molar-refractivity contribution in [2.75, 3.05) is 5.32 Å². The highest BCUT2D eigenvalue weighted by molar-refractivity contribution is 9.10. The van der Waals surface area contributed by atoms with Crippen LogP contribution in [0.4, 0.5) is 10.5 Å². The smallest absolute Gasteiger partial charge is 0.310 e. The number of para-hydroxylation sites is 2. The van der Waals surface area contributed by atoms with Crippen LogP contribution in [0.5, 0.6) is 0 Å². The average Bonchev–Trinajstić information content (AvgIpc) is 2.86. The largest absolute Gasteiger partial charge is 0.322 e. The van der Waals surface area contributed by atoms with E-state index in [1.165, 1.54) is 0 Å². The zero-order chi connectivity index (χ0) is 24.1. The lowest BCUT2D eigenvalue weighted by atomic mass is 10.1. The van der Waals surface area contributed by atoms with Gasteiger partial charge >= 0.3 is 6.03 Å². The molecule has 34 heavy (non-hydrogen) atoms. The number of urea groups is 1. The molecular weight excluding hydrogens is 492 g/mol. The Morgan fingerprint density at radius 1 is 1.00 bits per heavy atom. The monoisotopic (exact) mass is 518 g/mol. The van der Waals surface area contributed by atoms with Gasteiger partial charge in [-0.05, 0) is 59.1 Å². The number of fused-ring (bicyclic) bond motifs is 1. The number of benzene rings is 3. The molecule has 174 valence electrons. The summed E-state index contributed by atoms with van der Waals surface area (Å²) >= 11 is 3.51. The molecule has 0 saturated carbocycles. The molecule has 7 heteroatoms. The van der Waals surface area contributed by atoms with Gasteiger partial charge in [0.05, 0.1) is 22.6 Å². The van der Waals surface area contributed by atoms with E-state index in [0.29, 0.717) is 41.9 Å². The van der Waals surface area contributed by atoms with Crippen LogP contribution in [-0.2, 0) is 13.1 Å². The molecule has 3 aromatic carbocycles. The molecule has 0 aliphatic rings. The fourth-order valence-corrected chi connectivity index (χ4v) is 4.52. The minimum atomic E-state index is -0.403. The topological polar surface area (TPSA) is 67.2 Å². The molecule has 0 aliphatic carbocycles. The standard InChI is InChI=1S/C27H27BrN4O2/c1-3-24(25-29-22-16-10-8-14-20(22)26(33)31(25)4-2)32(18-19-12-6-5-7-13-19)27(34)30-23-17-11-9-15-21(23)28/h5-17,24H,3-4,18H2,1-2H3,(H,30,34). The molecule has 0 saturated heterocycles. The van der Waals surface area contributed by atoms with Gasteiger partial charge < -0.3 is 10.2 Å². The predicted molar refractivity (Wildman–Crippen MR) is 140 cm³/mol. The third-order valence-corrected chi connectivity index (χ3v) is 6.53. The number of nitrogens with one attached hydrogen (secondary N) is 1. The van der Waals surface area contributed by atoms with Crippen molar-refractivity contribution in [1.29, 1.82) is 0 Å². The van der Waals surface area contributed by atoms with Crippen LogP contribution in [0, 0.1) is 0 Å². The van der Waals surface area contributed by atoms with Crippen LogP contribution < -0.4 is 10.9 Å². The van der Waals surface area contributed by atoms with Gasteiger partial charge in [0.25, 0.3) is 5.56 Å². The van der Waals surface area contributed by atoms with Gasteiger partial charge in [-0.25, -0.2) is 9.78 Å². The van der Waals surface area contributed by atoms with E-state index in [1.807, 2.05) is 86.6 Å². The molecule has 0 radical (unpaired) electrons. The zero-order valence-corrected chi connectivity index (χ0v) is 20.8. The first-order valence-corrected chi connectivity index (χ1v) is 12.2. The summed E-state index contributed by atoms with van der Waals surface area (Å²) in [5, 5.41) is 3.61. The van der Waals surface area contributed by atoms with Crippen LogP contribution in [0.1, 0.15) is 37.7 Å². The number of nitrogens with zero attached hydrogens (tertiary/aromatic N) is 3. The average molecular weight is 519 g/mol. The predicted octanol–water partition coefficient (Wildman–Crippen LogP) is 6.36. The first-order chi connectivity index (χ1) is 16.5. The van der Waals surface area contributed by atoms with Crippen molar-refractivity contribution in [2.24, 2.45) is 0 Å². The number of rotatable bonds is 7. The molecule has 1 heterocycles. The summed E-state index contributed by atoms with van der Waals surface area (Å²) in [6, 6.07) is 24.0. The number of carbonyl (C=O) groups is 1. The minimum Gasteiger partial charge on any atom is -0.310 e. The fourth-order valence-electron chi connectivity index (χ4n) is 4.14. The first-order valence-electron chi connectivity index (χ1n) is 11.4. The summed E-state index contributed by atoms with van der Waals surface area (Å²) in [5.74, 6) is 0.590.